The summed E-state index contributed by atoms with van der Waals surface area (Å²) in [6, 6.07) is 20.1. The molecule has 1 saturated heterocycles. The highest BCUT2D eigenvalue weighted by Gasteiger charge is 2.28. The molecule has 12 heteroatoms. The van der Waals surface area contributed by atoms with E-state index in [0.29, 0.717) is 36.2 Å². The summed E-state index contributed by atoms with van der Waals surface area (Å²) in [4.78, 5) is 28.5. The van der Waals surface area contributed by atoms with Crippen LogP contribution >= 0.6 is 11.8 Å². The molecule has 0 radical (unpaired) electrons. The Labute approximate surface area is 267 Å². The number of aromatic nitrogens is 3. The van der Waals surface area contributed by atoms with E-state index in [9.17, 15) is 18.0 Å². The van der Waals surface area contributed by atoms with Crippen molar-refractivity contribution < 1.29 is 18.0 Å². The van der Waals surface area contributed by atoms with Gasteiger partial charge in [-0.15, -0.1) is 10.2 Å². The van der Waals surface area contributed by atoms with Crippen molar-refractivity contribution in [1.29, 1.82) is 0 Å². The van der Waals surface area contributed by atoms with Gasteiger partial charge in [-0.05, 0) is 92.6 Å². The van der Waals surface area contributed by atoms with E-state index >= 15 is 0 Å². The maximum absolute atomic E-state index is 13.4. The Hall–Kier alpha value is -4.00. The number of anilines is 1. The van der Waals surface area contributed by atoms with Crippen LogP contribution in [0.25, 0.3) is 5.69 Å². The van der Waals surface area contributed by atoms with Gasteiger partial charge in [-0.2, -0.15) is 4.31 Å². The summed E-state index contributed by atoms with van der Waals surface area (Å²) in [6.45, 7) is 5.81. The van der Waals surface area contributed by atoms with Crippen LogP contribution in [0.2, 0.25) is 0 Å². The molecule has 0 atom stereocenters. The van der Waals surface area contributed by atoms with Crippen molar-refractivity contribution in [2.24, 2.45) is 0 Å². The summed E-state index contributed by atoms with van der Waals surface area (Å²) in [7, 11) is -3.56. The van der Waals surface area contributed by atoms with Crippen LogP contribution in [0.15, 0.2) is 76.8 Å². The molecular weight excluding hydrogens is 609 g/mol. The van der Waals surface area contributed by atoms with Crippen LogP contribution in [0.3, 0.4) is 0 Å². The SMILES string of the molecule is Cc1ccc(C)c(-n2c(CNC(=O)c3ccc(S(=O)(=O)N4CCCC4)cc3)nnc2SCC(=O)N2CCCc3ccccc32)c1. The Morgan fingerprint density at radius 3 is 2.42 bits per heavy atom. The lowest BCUT2D eigenvalue weighted by atomic mass is 10.0. The van der Waals surface area contributed by atoms with Gasteiger partial charge in [0, 0.05) is 30.9 Å². The molecule has 1 aromatic heterocycles. The number of para-hydroxylation sites is 1. The van der Waals surface area contributed by atoms with Crippen molar-refractivity contribution in [1.82, 2.24) is 24.4 Å². The van der Waals surface area contributed by atoms with Gasteiger partial charge in [0.1, 0.15) is 0 Å². The first kappa shape index (κ1) is 31.0. The highest BCUT2D eigenvalue weighted by molar-refractivity contribution is 7.99. The second-order valence-electron chi connectivity index (χ2n) is 11.4. The van der Waals surface area contributed by atoms with E-state index in [1.165, 1.54) is 45.9 Å². The molecule has 10 nitrogen and oxygen atoms in total. The zero-order chi connectivity index (χ0) is 31.6. The largest absolute Gasteiger partial charge is 0.345 e. The molecule has 2 aliphatic rings. The molecule has 4 aromatic rings. The average molecular weight is 645 g/mol. The summed E-state index contributed by atoms with van der Waals surface area (Å²) in [5, 5.41) is 12.3. The fraction of sp³-hybridized carbons (Fsp3) is 0.333. The fourth-order valence-electron chi connectivity index (χ4n) is 5.82. The highest BCUT2D eigenvalue weighted by Crippen LogP contribution is 2.30. The second-order valence-corrected chi connectivity index (χ2v) is 14.3. The number of aryl methyl sites for hydroxylation is 3. The molecule has 6 rings (SSSR count). The number of sulfonamides is 1. The number of thioether (sulfide) groups is 1. The Balaban J connectivity index is 1.19. The second kappa shape index (κ2) is 13.2. The molecule has 0 saturated carbocycles. The van der Waals surface area contributed by atoms with Crippen LogP contribution < -0.4 is 10.2 Å². The van der Waals surface area contributed by atoms with Gasteiger partial charge in [0.2, 0.25) is 15.9 Å². The molecule has 1 fully saturated rings. The molecule has 234 valence electrons. The molecular formula is C33H36N6O4S2. The van der Waals surface area contributed by atoms with Gasteiger partial charge in [-0.25, -0.2) is 8.42 Å². The van der Waals surface area contributed by atoms with Crippen molar-refractivity contribution in [2.75, 3.05) is 30.3 Å². The molecule has 0 spiro atoms. The average Bonchev–Trinajstić information content (AvgIpc) is 3.75. The number of nitrogens with one attached hydrogen (secondary N) is 1. The third-order valence-electron chi connectivity index (χ3n) is 8.27. The number of amides is 2. The molecule has 3 heterocycles. The van der Waals surface area contributed by atoms with Gasteiger partial charge in [0.05, 0.1) is 22.9 Å². The van der Waals surface area contributed by atoms with Gasteiger partial charge >= 0.3 is 0 Å². The predicted molar refractivity (Wildman–Crippen MR) is 174 cm³/mol. The van der Waals surface area contributed by atoms with Gasteiger partial charge in [-0.1, -0.05) is 42.1 Å². The number of carbonyl (C=O) groups is 2. The Kier molecular flexibility index (Phi) is 9.06. The number of rotatable bonds is 9. The van der Waals surface area contributed by atoms with Crippen LogP contribution in [0.4, 0.5) is 5.69 Å². The van der Waals surface area contributed by atoms with Gasteiger partial charge < -0.3 is 10.2 Å². The quantitative estimate of drug-likeness (QED) is 0.263. The van der Waals surface area contributed by atoms with Crippen molar-refractivity contribution >= 4 is 39.3 Å². The van der Waals surface area contributed by atoms with Crippen LogP contribution in [-0.2, 0) is 27.8 Å². The third kappa shape index (κ3) is 6.54. The molecule has 3 aromatic carbocycles. The van der Waals surface area contributed by atoms with E-state index in [1.807, 2.05) is 59.7 Å². The predicted octanol–water partition coefficient (Wildman–Crippen LogP) is 4.67. The number of fused-ring (bicyclic) bond motifs is 1. The molecule has 0 unspecified atom stereocenters. The zero-order valence-electron chi connectivity index (χ0n) is 25.4. The third-order valence-corrected chi connectivity index (χ3v) is 11.1. The van der Waals surface area contributed by atoms with E-state index in [2.05, 4.69) is 21.6 Å². The summed E-state index contributed by atoms with van der Waals surface area (Å²) >= 11 is 1.32. The highest BCUT2D eigenvalue weighted by atomic mass is 32.2. The van der Waals surface area contributed by atoms with Crippen molar-refractivity contribution in [3.8, 4) is 5.69 Å². The maximum Gasteiger partial charge on any atom is 0.251 e. The summed E-state index contributed by atoms with van der Waals surface area (Å²) in [5.74, 6) is 0.358. The van der Waals surface area contributed by atoms with Crippen LogP contribution in [0.1, 0.15) is 52.1 Å². The lowest BCUT2D eigenvalue weighted by Crippen LogP contribution is -2.36. The van der Waals surface area contributed by atoms with Gasteiger partial charge in [-0.3, -0.25) is 14.2 Å². The Morgan fingerprint density at radius 2 is 1.64 bits per heavy atom. The van der Waals surface area contributed by atoms with E-state index in [4.69, 9.17) is 0 Å². The lowest BCUT2D eigenvalue weighted by Gasteiger charge is -2.29. The van der Waals surface area contributed by atoms with E-state index in [-0.39, 0.29) is 29.0 Å². The van der Waals surface area contributed by atoms with E-state index < -0.39 is 10.0 Å². The minimum absolute atomic E-state index is 0.00714. The molecule has 2 aliphatic heterocycles. The minimum atomic E-state index is -3.56. The summed E-state index contributed by atoms with van der Waals surface area (Å²) < 4.78 is 29.1. The van der Waals surface area contributed by atoms with Crippen molar-refractivity contribution in [3.05, 3.63) is 94.8 Å². The van der Waals surface area contributed by atoms with E-state index in [0.717, 1.165) is 48.2 Å². The Bertz CT molecular complexity index is 1830. The normalized spacial score (nSPS) is 15.2. The topological polar surface area (TPSA) is 117 Å². The summed E-state index contributed by atoms with van der Waals surface area (Å²) in [5.41, 5.74) is 5.42. The van der Waals surface area contributed by atoms with Gasteiger partial charge in [0.15, 0.2) is 11.0 Å². The molecule has 0 aliphatic carbocycles. The van der Waals surface area contributed by atoms with Crippen molar-refractivity contribution in [2.45, 2.75) is 56.1 Å². The van der Waals surface area contributed by atoms with Crippen LogP contribution in [0, 0.1) is 13.8 Å². The smallest absolute Gasteiger partial charge is 0.251 e. The fourth-order valence-corrected chi connectivity index (χ4v) is 8.18. The van der Waals surface area contributed by atoms with Crippen LogP contribution in [-0.4, -0.2) is 64.7 Å². The number of hydrogen-bond donors (Lipinski definition) is 1. The monoisotopic (exact) mass is 644 g/mol. The van der Waals surface area contributed by atoms with Crippen LogP contribution in [0.5, 0.6) is 0 Å². The number of hydrogen-bond acceptors (Lipinski definition) is 7. The molecule has 1 N–H and O–H groups in total. The first-order valence-corrected chi connectivity index (χ1v) is 17.6. The molecule has 45 heavy (non-hydrogen) atoms. The zero-order valence-corrected chi connectivity index (χ0v) is 27.0. The lowest BCUT2D eigenvalue weighted by molar-refractivity contribution is -0.116. The maximum atomic E-state index is 13.4. The first-order chi connectivity index (χ1) is 21.7. The van der Waals surface area contributed by atoms with Crippen molar-refractivity contribution in [3.63, 3.8) is 0 Å². The van der Waals surface area contributed by atoms with E-state index in [1.54, 1.807) is 0 Å². The Morgan fingerprint density at radius 1 is 0.889 bits per heavy atom. The summed E-state index contributed by atoms with van der Waals surface area (Å²) in [6.07, 6.45) is 3.60. The number of carbonyl (C=O) groups excluding carboxylic acids is 2. The first-order valence-electron chi connectivity index (χ1n) is 15.1. The minimum Gasteiger partial charge on any atom is -0.345 e. The molecule has 0 bridgehead atoms. The standard InChI is InChI=1S/C33H36N6O4S2/c1-23-11-12-24(2)29(20-23)39-30(21-34-32(41)26-13-15-27(16-14-26)45(42,43)37-17-5-6-18-37)35-36-33(39)44-22-31(40)38-19-7-9-25-8-3-4-10-28(25)38/h3-4,8,10-16,20H,5-7,9,17-19,21-22H2,1-2H3,(H,34,41). The van der Waals surface area contributed by atoms with Gasteiger partial charge in [0.25, 0.3) is 5.91 Å². The molecule has 2 amide bonds. The number of benzene rings is 3. The number of nitrogens with zero attached hydrogens (tertiary/aromatic N) is 5.